The highest BCUT2D eigenvalue weighted by Gasteiger charge is 2.07. The van der Waals surface area contributed by atoms with Crippen molar-refractivity contribution in [2.45, 2.75) is 13.5 Å². The Morgan fingerprint density at radius 3 is 2.68 bits per heavy atom. The highest BCUT2D eigenvalue weighted by Crippen LogP contribution is 2.09. The summed E-state index contributed by atoms with van der Waals surface area (Å²) in [6.07, 6.45) is 3.42. The van der Waals surface area contributed by atoms with Crippen LogP contribution < -0.4 is 5.32 Å². The molecule has 0 aliphatic rings. The lowest BCUT2D eigenvalue weighted by Gasteiger charge is -2.05. The molecule has 0 amide bonds. The molecular formula is C15H15FN2O. The van der Waals surface area contributed by atoms with Crippen LogP contribution in [-0.2, 0) is 6.54 Å². The maximum absolute atomic E-state index is 13.1. The van der Waals surface area contributed by atoms with E-state index in [0.717, 1.165) is 5.56 Å². The van der Waals surface area contributed by atoms with Crippen LogP contribution in [0.2, 0.25) is 0 Å². The molecule has 2 aromatic rings. The van der Waals surface area contributed by atoms with E-state index < -0.39 is 0 Å². The molecule has 0 radical (unpaired) electrons. The van der Waals surface area contributed by atoms with E-state index in [4.69, 9.17) is 0 Å². The van der Waals surface area contributed by atoms with Gasteiger partial charge in [0.2, 0.25) is 0 Å². The van der Waals surface area contributed by atoms with Crippen LogP contribution in [0.1, 0.15) is 21.5 Å². The van der Waals surface area contributed by atoms with E-state index in [9.17, 15) is 9.18 Å². The molecule has 4 heteroatoms. The summed E-state index contributed by atoms with van der Waals surface area (Å²) in [5.41, 5.74) is 2.08. The maximum Gasteiger partial charge on any atom is 0.176 e. The van der Waals surface area contributed by atoms with Crippen molar-refractivity contribution >= 4 is 5.78 Å². The number of nitrogens with zero attached hydrogens (tertiary/aromatic N) is 1. The van der Waals surface area contributed by atoms with E-state index in [1.54, 1.807) is 25.4 Å². The molecule has 0 bridgehead atoms. The van der Waals surface area contributed by atoms with Crippen LogP contribution in [0.3, 0.4) is 0 Å². The molecule has 3 nitrogen and oxygen atoms in total. The van der Waals surface area contributed by atoms with Gasteiger partial charge in [-0.25, -0.2) is 4.39 Å². The molecule has 1 heterocycles. The first kappa shape index (κ1) is 13.4. The lowest BCUT2D eigenvalue weighted by atomic mass is 10.1. The molecule has 0 saturated heterocycles. The molecule has 0 aliphatic heterocycles. The molecule has 0 aliphatic carbocycles. The minimum Gasteiger partial charge on any atom is -0.306 e. The molecule has 1 aromatic heterocycles. The van der Waals surface area contributed by atoms with Gasteiger partial charge in [-0.05, 0) is 48.4 Å². The fourth-order valence-electron chi connectivity index (χ4n) is 1.74. The van der Waals surface area contributed by atoms with Gasteiger partial charge in [0.15, 0.2) is 5.78 Å². The average molecular weight is 258 g/mol. The van der Waals surface area contributed by atoms with E-state index >= 15 is 0 Å². The Kier molecular flexibility index (Phi) is 4.36. The number of hydrogen-bond donors (Lipinski definition) is 1. The number of rotatable bonds is 5. The number of carbonyl (C=O) groups excluding carboxylic acids is 1. The van der Waals surface area contributed by atoms with Gasteiger partial charge in [-0.3, -0.25) is 9.78 Å². The number of aryl methyl sites for hydroxylation is 1. The van der Waals surface area contributed by atoms with Gasteiger partial charge in [-0.1, -0.05) is 0 Å². The molecule has 1 aromatic carbocycles. The first-order valence-electron chi connectivity index (χ1n) is 6.06. The highest BCUT2D eigenvalue weighted by molar-refractivity contribution is 5.97. The fraction of sp³-hybridized carbons (Fsp3) is 0.200. The van der Waals surface area contributed by atoms with Gasteiger partial charge in [-0.15, -0.1) is 0 Å². The third-order valence-corrected chi connectivity index (χ3v) is 2.84. The second kappa shape index (κ2) is 6.20. The predicted octanol–water partition coefficient (Wildman–Crippen LogP) is 2.50. The third kappa shape index (κ3) is 3.69. The topological polar surface area (TPSA) is 42.0 Å². The molecule has 0 fully saturated rings. The van der Waals surface area contributed by atoms with E-state index in [0.29, 0.717) is 17.7 Å². The summed E-state index contributed by atoms with van der Waals surface area (Å²) in [5, 5.41) is 3.06. The summed E-state index contributed by atoms with van der Waals surface area (Å²) in [4.78, 5) is 15.8. The van der Waals surface area contributed by atoms with Crippen molar-refractivity contribution in [3.05, 3.63) is 65.2 Å². The standard InChI is InChI=1S/C15H15FN2O/c1-11-8-13(2-3-14(11)16)15(19)10-18-9-12-4-6-17-7-5-12/h2-8,18H,9-10H2,1H3. The Labute approximate surface area is 111 Å². The second-order valence-corrected chi connectivity index (χ2v) is 4.35. The third-order valence-electron chi connectivity index (χ3n) is 2.84. The fourth-order valence-corrected chi connectivity index (χ4v) is 1.74. The number of halogens is 1. The Balaban J connectivity index is 1.89. The zero-order valence-corrected chi connectivity index (χ0v) is 10.7. The number of carbonyl (C=O) groups is 1. The molecule has 19 heavy (non-hydrogen) atoms. The van der Waals surface area contributed by atoms with Crippen LogP contribution in [0.4, 0.5) is 4.39 Å². The average Bonchev–Trinajstić information content (AvgIpc) is 2.43. The smallest absolute Gasteiger partial charge is 0.176 e. The van der Waals surface area contributed by atoms with Gasteiger partial charge in [0, 0.05) is 24.5 Å². The Morgan fingerprint density at radius 2 is 2.00 bits per heavy atom. The van der Waals surface area contributed by atoms with Gasteiger partial charge in [0.1, 0.15) is 5.82 Å². The summed E-state index contributed by atoms with van der Waals surface area (Å²) in [5.74, 6) is -0.335. The molecule has 98 valence electrons. The van der Waals surface area contributed by atoms with Crippen LogP contribution in [-0.4, -0.2) is 17.3 Å². The summed E-state index contributed by atoms with van der Waals surface area (Å²) in [6, 6.07) is 8.19. The molecule has 1 N–H and O–H groups in total. The zero-order chi connectivity index (χ0) is 13.7. The number of benzene rings is 1. The normalized spacial score (nSPS) is 10.4. The number of aromatic nitrogens is 1. The van der Waals surface area contributed by atoms with Crippen LogP contribution in [0.25, 0.3) is 0 Å². The molecular weight excluding hydrogens is 243 g/mol. The van der Waals surface area contributed by atoms with Gasteiger partial charge < -0.3 is 5.32 Å². The Morgan fingerprint density at radius 1 is 1.26 bits per heavy atom. The molecule has 0 atom stereocenters. The van der Waals surface area contributed by atoms with Crippen molar-refractivity contribution in [2.24, 2.45) is 0 Å². The van der Waals surface area contributed by atoms with Crippen molar-refractivity contribution < 1.29 is 9.18 Å². The second-order valence-electron chi connectivity index (χ2n) is 4.35. The predicted molar refractivity (Wildman–Crippen MR) is 71.4 cm³/mol. The van der Waals surface area contributed by atoms with E-state index in [2.05, 4.69) is 10.3 Å². The number of hydrogen-bond acceptors (Lipinski definition) is 3. The lowest BCUT2D eigenvalue weighted by molar-refractivity contribution is 0.0990. The van der Waals surface area contributed by atoms with Gasteiger partial charge in [0.05, 0.1) is 6.54 Å². The van der Waals surface area contributed by atoms with E-state index in [1.807, 2.05) is 12.1 Å². The van der Waals surface area contributed by atoms with Crippen LogP contribution in [0.5, 0.6) is 0 Å². The van der Waals surface area contributed by atoms with Crippen LogP contribution in [0.15, 0.2) is 42.7 Å². The van der Waals surface area contributed by atoms with Crippen molar-refractivity contribution in [3.8, 4) is 0 Å². The molecule has 2 rings (SSSR count). The monoisotopic (exact) mass is 258 g/mol. The Bertz CT molecular complexity index is 570. The summed E-state index contributed by atoms with van der Waals surface area (Å²) in [7, 11) is 0. The van der Waals surface area contributed by atoms with E-state index in [-0.39, 0.29) is 18.1 Å². The number of nitrogens with one attached hydrogen (secondary N) is 1. The number of pyridine rings is 1. The van der Waals surface area contributed by atoms with Crippen molar-refractivity contribution in [1.82, 2.24) is 10.3 Å². The largest absolute Gasteiger partial charge is 0.306 e. The van der Waals surface area contributed by atoms with Crippen molar-refractivity contribution in [2.75, 3.05) is 6.54 Å². The summed E-state index contributed by atoms with van der Waals surface area (Å²) in [6.45, 7) is 2.48. The number of Topliss-reactive ketones (excluding diaryl/α,β-unsaturated/α-hetero) is 1. The zero-order valence-electron chi connectivity index (χ0n) is 10.7. The first-order valence-corrected chi connectivity index (χ1v) is 6.06. The van der Waals surface area contributed by atoms with Crippen LogP contribution >= 0.6 is 0 Å². The Hall–Kier alpha value is -2.07. The molecule has 0 saturated carbocycles. The van der Waals surface area contributed by atoms with Gasteiger partial charge in [0.25, 0.3) is 0 Å². The van der Waals surface area contributed by atoms with Crippen molar-refractivity contribution in [1.29, 1.82) is 0 Å². The summed E-state index contributed by atoms with van der Waals surface area (Å²) >= 11 is 0. The highest BCUT2D eigenvalue weighted by atomic mass is 19.1. The molecule has 0 spiro atoms. The lowest BCUT2D eigenvalue weighted by Crippen LogP contribution is -2.22. The minimum atomic E-state index is -0.290. The van der Waals surface area contributed by atoms with E-state index in [1.165, 1.54) is 12.1 Å². The minimum absolute atomic E-state index is 0.0443. The van der Waals surface area contributed by atoms with Crippen molar-refractivity contribution in [3.63, 3.8) is 0 Å². The van der Waals surface area contributed by atoms with Gasteiger partial charge >= 0.3 is 0 Å². The maximum atomic E-state index is 13.1. The summed E-state index contributed by atoms with van der Waals surface area (Å²) < 4.78 is 13.1. The quantitative estimate of drug-likeness (QED) is 0.838. The van der Waals surface area contributed by atoms with Crippen LogP contribution in [0, 0.1) is 12.7 Å². The number of ketones is 1. The molecule has 0 unspecified atom stereocenters. The first-order chi connectivity index (χ1) is 9.16. The SMILES string of the molecule is Cc1cc(C(=O)CNCc2ccncc2)ccc1F. The van der Waals surface area contributed by atoms with Gasteiger partial charge in [-0.2, -0.15) is 0 Å².